The fraction of sp³-hybridized carbons (Fsp3) is 0.536. The predicted molar refractivity (Wildman–Crippen MR) is 146 cm³/mol. The van der Waals surface area contributed by atoms with Gasteiger partial charge in [0.15, 0.2) is 0 Å². The summed E-state index contributed by atoms with van der Waals surface area (Å²) in [5.41, 5.74) is 2.83. The van der Waals surface area contributed by atoms with E-state index in [0.717, 1.165) is 68.2 Å². The summed E-state index contributed by atoms with van der Waals surface area (Å²) in [6.07, 6.45) is 3.93. The molecule has 0 N–H and O–H groups in total. The highest BCUT2D eigenvalue weighted by Crippen LogP contribution is 2.44. The van der Waals surface area contributed by atoms with Gasteiger partial charge in [-0.1, -0.05) is 23.7 Å². The van der Waals surface area contributed by atoms with Crippen molar-refractivity contribution in [3.63, 3.8) is 0 Å². The lowest BCUT2D eigenvalue weighted by Gasteiger charge is -2.42. The van der Waals surface area contributed by atoms with Crippen molar-refractivity contribution in [2.75, 3.05) is 38.1 Å². The molecular formula is C28H37ClN6O2. The van der Waals surface area contributed by atoms with Crippen LogP contribution in [0.1, 0.15) is 69.1 Å². The second-order valence-corrected chi connectivity index (χ2v) is 11.6. The molecule has 2 aliphatic rings. The van der Waals surface area contributed by atoms with Crippen LogP contribution in [0, 0.1) is 6.92 Å². The number of aryl methyl sites for hydroxylation is 1. The Balaban J connectivity index is 1.59. The zero-order valence-electron chi connectivity index (χ0n) is 22.4. The highest BCUT2D eigenvalue weighted by atomic mass is 35.5. The number of carbonyl (C=O) groups is 1. The van der Waals surface area contributed by atoms with Crippen molar-refractivity contribution >= 4 is 29.2 Å². The first-order valence-electron chi connectivity index (χ1n) is 13.2. The molecule has 9 heteroatoms. The number of piperazine rings is 1. The van der Waals surface area contributed by atoms with Crippen LogP contribution in [0.2, 0.25) is 5.15 Å². The van der Waals surface area contributed by atoms with E-state index in [1.807, 2.05) is 61.3 Å². The number of anilines is 1. The van der Waals surface area contributed by atoms with Gasteiger partial charge in [-0.3, -0.25) is 14.3 Å². The standard InChI is InChI=1S/C28H37ClN6O2/c1-19-9-8-14-30-24(19)20-10-6-11-21(34(20)27(36)37-28(2,3)4)25-26(29)35-22(31-25)12-7-13-23(35)33-17-15-32(5)16-18-33/h7-9,12-14,20-21H,6,10-11,15-18H2,1-5H3/t20-,21+/m1/s1. The lowest BCUT2D eigenvalue weighted by Crippen LogP contribution is -2.45. The van der Waals surface area contributed by atoms with Crippen LogP contribution in [0.25, 0.3) is 5.65 Å². The lowest BCUT2D eigenvalue weighted by atomic mass is 9.90. The van der Waals surface area contributed by atoms with Crippen molar-refractivity contribution in [1.29, 1.82) is 0 Å². The smallest absolute Gasteiger partial charge is 0.411 e. The van der Waals surface area contributed by atoms with Gasteiger partial charge < -0.3 is 14.5 Å². The quantitative estimate of drug-likeness (QED) is 0.441. The Kier molecular flexibility index (Phi) is 7.07. The van der Waals surface area contributed by atoms with E-state index in [0.29, 0.717) is 10.8 Å². The minimum Gasteiger partial charge on any atom is -0.444 e. The summed E-state index contributed by atoms with van der Waals surface area (Å²) in [5, 5.41) is 0.557. The average molecular weight is 525 g/mol. The van der Waals surface area contributed by atoms with Crippen molar-refractivity contribution in [1.82, 2.24) is 24.2 Å². The number of fused-ring (bicyclic) bond motifs is 1. The fourth-order valence-corrected chi connectivity index (χ4v) is 5.85. The number of ether oxygens (including phenoxy) is 1. The zero-order chi connectivity index (χ0) is 26.3. The SMILES string of the molecule is Cc1cccnc1[C@H]1CCC[C@@H](c2nc3cccc(N4CCN(C)CC4)n3c2Cl)N1C(=O)OC(C)(C)C. The summed E-state index contributed by atoms with van der Waals surface area (Å²) in [7, 11) is 2.15. The van der Waals surface area contributed by atoms with Crippen LogP contribution in [0.3, 0.4) is 0 Å². The fourth-order valence-electron chi connectivity index (χ4n) is 5.51. The summed E-state index contributed by atoms with van der Waals surface area (Å²) in [5.74, 6) is 1.03. The van der Waals surface area contributed by atoms with Crippen LogP contribution >= 0.6 is 11.6 Å². The molecule has 2 atom stereocenters. The molecule has 3 aromatic rings. The van der Waals surface area contributed by atoms with Crippen LogP contribution in [0.5, 0.6) is 0 Å². The van der Waals surface area contributed by atoms with Crippen molar-refractivity contribution in [2.45, 2.75) is 64.6 Å². The minimum atomic E-state index is -0.625. The lowest BCUT2D eigenvalue weighted by molar-refractivity contribution is -0.00793. The number of rotatable bonds is 3. The number of imidazole rings is 1. The van der Waals surface area contributed by atoms with E-state index >= 15 is 0 Å². The van der Waals surface area contributed by atoms with E-state index in [9.17, 15) is 4.79 Å². The molecule has 2 saturated heterocycles. The van der Waals surface area contributed by atoms with Gasteiger partial charge in [0.2, 0.25) is 0 Å². The Labute approximate surface area is 224 Å². The number of piperidine rings is 1. The zero-order valence-corrected chi connectivity index (χ0v) is 23.2. The molecule has 0 bridgehead atoms. The maximum absolute atomic E-state index is 13.7. The van der Waals surface area contributed by atoms with Crippen LogP contribution in [-0.2, 0) is 4.74 Å². The average Bonchev–Trinajstić information content (AvgIpc) is 3.20. The first-order chi connectivity index (χ1) is 17.6. The van der Waals surface area contributed by atoms with Gasteiger partial charge in [-0.25, -0.2) is 9.78 Å². The normalized spacial score (nSPS) is 21.5. The Morgan fingerprint density at radius 2 is 1.73 bits per heavy atom. The number of pyridine rings is 2. The highest BCUT2D eigenvalue weighted by Gasteiger charge is 2.42. The number of hydrogen-bond acceptors (Lipinski definition) is 6. The predicted octanol–water partition coefficient (Wildman–Crippen LogP) is 5.65. The first-order valence-corrected chi connectivity index (χ1v) is 13.5. The van der Waals surface area contributed by atoms with Gasteiger partial charge in [-0.15, -0.1) is 0 Å². The molecule has 0 aliphatic carbocycles. The molecule has 5 rings (SSSR count). The highest BCUT2D eigenvalue weighted by molar-refractivity contribution is 6.30. The summed E-state index contributed by atoms with van der Waals surface area (Å²) in [4.78, 5) is 30.0. The third-order valence-electron chi connectivity index (χ3n) is 7.33. The molecular weight excluding hydrogens is 488 g/mol. The monoisotopic (exact) mass is 524 g/mol. The second kappa shape index (κ2) is 10.1. The van der Waals surface area contributed by atoms with Gasteiger partial charge in [-0.05, 0) is 77.8 Å². The van der Waals surface area contributed by atoms with Crippen LogP contribution in [0.4, 0.5) is 10.6 Å². The molecule has 2 aliphatic heterocycles. The summed E-state index contributed by atoms with van der Waals surface area (Å²) in [6, 6.07) is 9.55. The number of aromatic nitrogens is 3. The topological polar surface area (TPSA) is 66.2 Å². The third kappa shape index (κ3) is 5.14. The molecule has 1 amide bonds. The summed E-state index contributed by atoms with van der Waals surface area (Å²) in [6.45, 7) is 11.6. The molecule has 37 heavy (non-hydrogen) atoms. The molecule has 0 radical (unpaired) electrons. The maximum Gasteiger partial charge on any atom is 0.411 e. The van der Waals surface area contributed by atoms with Crippen molar-refractivity contribution < 1.29 is 9.53 Å². The number of hydrogen-bond donors (Lipinski definition) is 0. The van der Waals surface area contributed by atoms with Gasteiger partial charge in [-0.2, -0.15) is 0 Å². The van der Waals surface area contributed by atoms with Gasteiger partial charge in [0.1, 0.15) is 27.9 Å². The van der Waals surface area contributed by atoms with Crippen molar-refractivity contribution in [3.05, 3.63) is 58.6 Å². The van der Waals surface area contributed by atoms with E-state index in [1.165, 1.54) is 0 Å². The molecule has 198 valence electrons. The van der Waals surface area contributed by atoms with Gasteiger partial charge in [0, 0.05) is 32.4 Å². The molecule has 0 unspecified atom stereocenters. The summed E-state index contributed by atoms with van der Waals surface area (Å²) < 4.78 is 7.96. The van der Waals surface area contributed by atoms with E-state index in [4.69, 9.17) is 21.3 Å². The Morgan fingerprint density at radius 1 is 1.03 bits per heavy atom. The number of carbonyl (C=O) groups excluding carboxylic acids is 1. The Morgan fingerprint density at radius 3 is 2.41 bits per heavy atom. The number of likely N-dealkylation sites (N-methyl/N-ethyl adjacent to an activating group) is 1. The number of halogens is 1. The Hall–Kier alpha value is -2.84. The molecule has 2 fully saturated rings. The third-order valence-corrected chi connectivity index (χ3v) is 7.69. The molecule has 0 saturated carbocycles. The number of nitrogens with zero attached hydrogens (tertiary/aromatic N) is 6. The van der Waals surface area contributed by atoms with Crippen LogP contribution < -0.4 is 4.90 Å². The van der Waals surface area contributed by atoms with E-state index in [2.05, 4.69) is 27.9 Å². The summed E-state index contributed by atoms with van der Waals surface area (Å²) >= 11 is 7.14. The van der Waals surface area contributed by atoms with Crippen LogP contribution in [-0.4, -0.2) is 69.1 Å². The second-order valence-electron chi connectivity index (χ2n) is 11.2. The Bertz CT molecular complexity index is 1280. The van der Waals surface area contributed by atoms with E-state index in [1.54, 1.807) is 6.20 Å². The molecule has 8 nitrogen and oxygen atoms in total. The molecule has 0 aromatic carbocycles. The first kappa shape index (κ1) is 25.8. The van der Waals surface area contributed by atoms with Crippen molar-refractivity contribution in [3.8, 4) is 0 Å². The van der Waals surface area contributed by atoms with E-state index < -0.39 is 5.60 Å². The molecule has 3 aromatic heterocycles. The maximum atomic E-state index is 13.7. The molecule has 5 heterocycles. The van der Waals surface area contributed by atoms with Gasteiger partial charge >= 0.3 is 6.09 Å². The van der Waals surface area contributed by atoms with Gasteiger partial charge in [0.05, 0.1) is 17.8 Å². The number of amides is 1. The molecule has 0 spiro atoms. The van der Waals surface area contributed by atoms with Crippen LogP contribution in [0.15, 0.2) is 36.5 Å². The largest absolute Gasteiger partial charge is 0.444 e. The number of likely N-dealkylation sites (tertiary alicyclic amines) is 1. The van der Waals surface area contributed by atoms with E-state index in [-0.39, 0.29) is 18.2 Å². The minimum absolute atomic E-state index is 0.215. The van der Waals surface area contributed by atoms with Gasteiger partial charge in [0.25, 0.3) is 0 Å². The van der Waals surface area contributed by atoms with Crippen molar-refractivity contribution in [2.24, 2.45) is 0 Å².